The lowest BCUT2D eigenvalue weighted by atomic mass is 9.86. The van der Waals surface area contributed by atoms with Crippen molar-refractivity contribution in [1.82, 2.24) is 10.6 Å². The maximum atomic E-state index is 12.2. The molecule has 3 nitrogen and oxygen atoms in total. The summed E-state index contributed by atoms with van der Waals surface area (Å²) in [6.07, 6.45) is 7.11. The fourth-order valence-corrected chi connectivity index (χ4v) is 3.25. The first-order chi connectivity index (χ1) is 8.18. The second-order valence-electron chi connectivity index (χ2n) is 5.88. The summed E-state index contributed by atoms with van der Waals surface area (Å²) in [4.78, 5) is 12.2. The molecule has 18 heavy (non-hydrogen) atoms. The predicted octanol–water partition coefficient (Wildman–Crippen LogP) is 2.49. The third kappa shape index (κ3) is 3.86. The number of hydrogen-bond acceptors (Lipinski definition) is 2. The summed E-state index contributed by atoms with van der Waals surface area (Å²) in [5, 5.41) is 6.74. The minimum absolute atomic E-state index is 0. The molecule has 1 aliphatic heterocycles. The topological polar surface area (TPSA) is 41.1 Å². The van der Waals surface area contributed by atoms with Crippen LogP contribution in [0.2, 0.25) is 0 Å². The third-order valence-corrected chi connectivity index (χ3v) is 4.50. The molecule has 2 aliphatic rings. The highest BCUT2D eigenvalue weighted by Gasteiger charge is 2.31. The number of amides is 1. The van der Waals surface area contributed by atoms with Gasteiger partial charge in [-0.3, -0.25) is 4.79 Å². The zero-order chi connectivity index (χ0) is 12.3. The lowest BCUT2D eigenvalue weighted by Gasteiger charge is -2.37. The van der Waals surface area contributed by atoms with E-state index in [4.69, 9.17) is 0 Å². The van der Waals surface area contributed by atoms with Gasteiger partial charge in [0.2, 0.25) is 5.91 Å². The Labute approximate surface area is 117 Å². The molecular formula is C14H27ClN2O. The molecule has 0 aromatic rings. The first-order valence-electron chi connectivity index (χ1n) is 7.22. The Bertz CT molecular complexity index is 257. The van der Waals surface area contributed by atoms with Crippen molar-refractivity contribution in [1.29, 1.82) is 0 Å². The Hall–Kier alpha value is -0.280. The molecule has 1 amide bonds. The third-order valence-electron chi connectivity index (χ3n) is 4.50. The highest BCUT2D eigenvalue weighted by atomic mass is 35.5. The Morgan fingerprint density at radius 1 is 1.11 bits per heavy atom. The largest absolute Gasteiger partial charge is 0.351 e. The molecule has 0 radical (unpaired) electrons. The van der Waals surface area contributed by atoms with Gasteiger partial charge in [0.15, 0.2) is 0 Å². The summed E-state index contributed by atoms with van der Waals surface area (Å²) in [6.45, 7) is 5.52. The lowest BCUT2D eigenvalue weighted by Crippen LogP contribution is -2.56. The van der Waals surface area contributed by atoms with Crippen LogP contribution in [0.15, 0.2) is 0 Å². The van der Waals surface area contributed by atoms with E-state index in [0.29, 0.717) is 23.9 Å². The van der Waals surface area contributed by atoms with E-state index in [1.165, 1.54) is 25.7 Å². The van der Waals surface area contributed by atoms with Crippen LogP contribution in [0.1, 0.15) is 52.4 Å². The van der Waals surface area contributed by atoms with Gasteiger partial charge in [-0.05, 0) is 38.6 Å². The van der Waals surface area contributed by atoms with Crippen LogP contribution < -0.4 is 10.6 Å². The molecule has 2 N–H and O–H groups in total. The van der Waals surface area contributed by atoms with Crippen LogP contribution in [0.5, 0.6) is 0 Å². The van der Waals surface area contributed by atoms with Crippen molar-refractivity contribution in [3.63, 3.8) is 0 Å². The van der Waals surface area contributed by atoms with Gasteiger partial charge >= 0.3 is 0 Å². The quantitative estimate of drug-likeness (QED) is 0.812. The molecule has 3 atom stereocenters. The van der Waals surface area contributed by atoms with E-state index in [1.807, 2.05) is 0 Å². The molecule has 0 aromatic heterocycles. The molecule has 1 aliphatic carbocycles. The van der Waals surface area contributed by atoms with Gasteiger partial charge in [-0.1, -0.05) is 26.2 Å². The molecule has 4 heteroatoms. The van der Waals surface area contributed by atoms with Gasteiger partial charge in [0.05, 0.1) is 0 Å². The minimum Gasteiger partial charge on any atom is -0.351 e. The molecule has 2 rings (SSSR count). The summed E-state index contributed by atoms with van der Waals surface area (Å²) in [5.41, 5.74) is 0. The summed E-state index contributed by atoms with van der Waals surface area (Å²) in [5.74, 6) is 1.18. The van der Waals surface area contributed by atoms with Gasteiger partial charge in [0.25, 0.3) is 0 Å². The highest BCUT2D eigenvalue weighted by molar-refractivity contribution is 5.85. The smallest absolute Gasteiger partial charge is 0.223 e. The molecule has 0 bridgehead atoms. The van der Waals surface area contributed by atoms with Gasteiger partial charge < -0.3 is 10.6 Å². The number of hydrogen-bond donors (Lipinski definition) is 2. The van der Waals surface area contributed by atoms with E-state index in [1.54, 1.807) is 0 Å². The van der Waals surface area contributed by atoms with Crippen molar-refractivity contribution in [3.8, 4) is 0 Å². The van der Waals surface area contributed by atoms with Crippen molar-refractivity contribution < 1.29 is 4.79 Å². The van der Waals surface area contributed by atoms with Crippen LogP contribution in [0.4, 0.5) is 0 Å². The normalized spacial score (nSPS) is 33.6. The second-order valence-corrected chi connectivity index (χ2v) is 5.88. The molecule has 0 spiro atoms. The number of carbonyl (C=O) groups is 1. The van der Waals surface area contributed by atoms with Gasteiger partial charge in [-0.25, -0.2) is 0 Å². The van der Waals surface area contributed by atoms with Crippen LogP contribution in [0.25, 0.3) is 0 Å². The average Bonchev–Trinajstić information content (AvgIpc) is 2.35. The van der Waals surface area contributed by atoms with Gasteiger partial charge in [-0.15, -0.1) is 12.4 Å². The van der Waals surface area contributed by atoms with Gasteiger partial charge in [0.1, 0.15) is 0 Å². The summed E-state index contributed by atoms with van der Waals surface area (Å²) < 4.78 is 0. The molecule has 2 fully saturated rings. The predicted molar refractivity (Wildman–Crippen MR) is 77.0 cm³/mol. The molecule has 3 unspecified atom stereocenters. The van der Waals surface area contributed by atoms with Crippen LogP contribution in [-0.2, 0) is 4.79 Å². The zero-order valence-corrected chi connectivity index (χ0v) is 12.4. The second kappa shape index (κ2) is 7.34. The van der Waals surface area contributed by atoms with Crippen molar-refractivity contribution in [3.05, 3.63) is 0 Å². The van der Waals surface area contributed by atoms with E-state index in [-0.39, 0.29) is 18.3 Å². The molecule has 1 saturated heterocycles. The monoisotopic (exact) mass is 274 g/mol. The van der Waals surface area contributed by atoms with E-state index in [9.17, 15) is 4.79 Å². The standard InChI is InChI=1S/C14H26N2O.ClH/c1-10-8-9-15-11(2)13(10)16-14(17)12-6-4-3-5-7-12;/h10-13,15H,3-9H2,1-2H3,(H,16,17);1H. The van der Waals surface area contributed by atoms with E-state index in [0.717, 1.165) is 19.4 Å². The first kappa shape index (κ1) is 15.8. The van der Waals surface area contributed by atoms with Crippen molar-refractivity contribution in [2.24, 2.45) is 11.8 Å². The Kier molecular flexibility index (Phi) is 6.44. The summed E-state index contributed by atoms with van der Waals surface area (Å²) in [7, 11) is 0. The molecule has 0 aromatic carbocycles. The van der Waals surface area contributed by atoms with E-state index < -0.39 is 0 Å². The SMILES string of the molecule is CC1CCNC(C)C1NC(=O)C1CCCCC1.Cl. The Balaban J connectivity index is 0.00000162. The van der Waals surface area contributed by atoms with Crippen LogP contribution in [-0.4, -0.2) is 24.5 Å². The Morgan fingerprint density at radius 2 is 1.78 bits per heavy atom. The fraction of sp³-hybridized carbons (Fsp3) is 0.929. The molecular weight excluding hydrogens is 248 g/mol. The number of carbonyl (C=O) groups excluding carboxylic acids is 1. The maximum Gasteiger partial charge on any atom is 0.223 e. The number of rotatable bonds is 2. The van der Waals surface area contributed by atoms with E-state index >= 15 is 0 Å². The fourth-order valence-electron chi connectivity index (χ4n) is 3.25. The minimum atomic E-state index is 0. The van der Waals surface area contributed by atoms with Crippen molar-refractivity contribution in [2.45, 2.75) is 64.5 Å². The van der Waals surface area contributed by atoms with Crippen molar-refractivity contribution >= 4 is 18.3 Å². The van der Waals surface area contributed by atoms with Gasteiger partial charge in [-0.2, -0.15) is 0 Å². The Morgan fingerprint density at radius 3 is 2.39 bits per heavy atom. The lowest BCUT2D eigenvalue weighted by molar-refractivity contribution is -0.127. The van der Waals surface area contributed by atoms with E-state index in [2.05, 4.69) is 24.5 Å². The zero-order valence-electron chi connectivity index (χ0n) is 11.6. The summed E-state index contributed by atoms with van der Waals surface area (Å²) >= 11 is 0. The van der Waals surface area contributed by atoms with Crippen LogP contribution in [0.3, 0.4) is 0 Å². The van der Waals surface area contributed by atoms with Crippen molar-refractivity contribution in [2.75, 3.05) is 6.54 Å². The average molecular weight is 275 g/mol. The molecule has 1 saturated carbocycles. The first-order valence-corrected chi connectivity index (χ1v) is 7.22. The summed E-state index contributed by atoms with van der Waals surface area (Å²) in [6, 6.07) is 0.726. The van der Waals surface area contributed by atoms with Crippen LogP contribution in [0, 0.1) is 11.8 Å². The number of halogens is 1. The number of piperidine rings is 1. The molecule has 106 valence electrons. The van der Waals surface area contributed by atoms with Gasteiger partial charge in [0, 0.05) is 18.0 Å². The molecule has 1 heterocycles. The highest BCUT2D eigenvalue weighted by Crippen LogP contribution is 2.25. The number of nitrogens with one attached hydrogen (secondary N) is 2. The van der Waals surface area contributed by atoms with Crippen LogP contribution >= 0.6 is 12.4 Å². The maximum absolute atomic E-state index is 12.2.